The zero-order valence-electron chi connectivity index (χ0n) is 19.9. The van der Waals surface area contributed by atoms with Crippen molar-refractivity contribution in [3.8, 4) is 0 Å². The molecule has 5 aliphatic rings. The maximum atomic E-state index is 12.3. The number of esters is 2. The van der Waals surface area contributed by atoms with Gasteiger partial charge >= 0.3 is 11.9 Å². The first kappa shape index (κ1) is 22.6. The lowest BCUT2D eigenvalue weighted by atomic mass is 9.42. The van der Waals surface area contributed by atoms with Gasteiger partial charge in [-0.1, -0.05) is 13.8 Å². The fourth-order valence-corrected chi connectivity index (χ4v) is 8.70. The van der Waals surface area contributed by atoms with Gasteiger partial charge in [-0.2, -0.15) is 0 Å². The van der Waals surface area contributed by atoms with Gasteiger partial charge in [0.15, 0.2) is 6.10 Å². The molecule has 4 saturated carbocycles. The lowest BCUT2D eigenvalue weighted by molar-refractivity contribution is -0.342. The molecular weight excluding hydrogens is 412 g/mol. The van der Waals surface area contributed by atoms with Crippen molar-refractivity contribution in [3.05, 3.63) is 0 Å². The Bertz CT molecular complexity index is 791. The van der Waals surface area contributed by atoms with Crippen molar-refractivity contribution in [3.63, 3.8) is 0 Å². The third-order valence-corrected chi connectivity index (χ3v) is 10.2. The largest absolute Gasteiger partial charge is 0.462 e. The summed E-state index contributed by atoms with van der Waals surface area (Å²) in [6.07, 6.45) is 5.95. The number of carbonyl (C=O) groups excluding carboxylic acids is 2. The second kappa shape index (κ2) is 7.41. The van der Waals surface area contributed by atoms with Gasteiger partial charge in [-0.3, -0.25) is 9.59 Å². The van der Waals surface area contributed by atoms with E-state index in [0.29, 0.717) is 43.8 Å². The van der Waals surface area contributed by atoms with Gasteiger partial charge < -0.3 is 24.1 Å². The Morgan fingerprint density at radius 3 is 2.19 bits per heavy atom. The maximum Gasteiger partial charge on any atom is 0.303 e. The van der Waals surface area contributed by atoms with Gasteiger partial charge in [0.25, 0.3) is 0 Å². The topological polar surface area (TPSA) is 91.3 Å². The molecule has 1 aliphatic heterocycles. The standard InChI is InChI=1S/C25H38O7/c1-15(26)31-20-6-5-18-17-7-10-24(28)21(32-16(2)27)25(29-13-14-30-25)12-11-23(24,4)19(17)8-9-22(18,20)3/h17-21,28H,5-14H2,1-4H3/t17?,18?,19?,20?,21?,22-,23+,24?/m0/s1. The SMILES string of the molecule is CC(=O)OC1C2(CC[C@]3(C)C4CC[C@]5(C)C(OC(C)=O)CCC5C4CCC13O)OCCO2. The van der Waals surface area contributed by atoms with Crippen LogP contribution in [0, 0.1) is 28.6 Å². The van der Waals surface area contributed by atoms with Crippen LogP contribution in [0.2, 0.25) is 0 Å². The molecule has 0 aromatic rings. The first-order valence-corrected chi connectivity index (χ1v) is 12.4. The minimum Gasteiger partial charge on any atom is -0.462 e. The number of rotatable bonds is 2. The molecule has 0 bridgehead atoms. The molecule has 4 aliphatic carbocycles. The average Bonchev–Trinajstić information content (AvgIpc) is 3.32. The fourth-order valence-electron chi connectivity index (χ4n) is 8.70. The Kier molecular flexibility index (Phi) is 5.23. The Morgan fingerprint density at radius 1 is 0.844 bits per heavy atom. The lowest BCUT2D eigenvalue weighted by Crippen LogP contribution is -2.73. The van der Waals surface area contributed by atoms with E-state index < -0.39 is 28.9 Å². The molecule has 8 atom stereocenters. The Hall–Kier alpha value is -1.18. The minimum atomic E-state index is -1.19. The summed E-state index contributed by atoms with van der Waals surface area (Å²) in [6.45, 7) is 8.30. The molecule has 0 radical (unpaired) electrons. The molecule has 180 valence electrons. The van der Waals surface area contributed by atoms with E-state index in [0.717, 1.165) is 38.5 Å². The number of fused-ring (bicyclic) bond motifs is 5. The van der Waals surface area contributed by atoms with E-state index in [1.54, 1.807) is 0 Å². The van der Waals surface area contributed by atoms with Crippen molar-refractivity contribution >= 4 is 11.9 Å². The van der Waals surface area contributed by atoms with Crippen molar-refractivity contribution in [2.24, 2.45) is 28.6 Å². The highest BCUT2D eigenvalue weighted by Crippen LogP contribution is 2.69. The molecule has 0 amide bonds. The second-order valence-corrected chi connectivity index (χ2v) is 11.5. The van der Waals surface area contributed by atoms with Crippen LogP contribution in [-0.4, -0.2) is 53.9 Å². The van der Waals surface area contributed by atoms with Crippen LogP contribution < -0.4 is 0 Å². The normalized spacial score (nSPS) is 49.1. The number of hydrogen-bond donors (Lipinski definition) is 1. The summed E-state index contributed by atoms with van der Waals surface area (Å²) >= 11 is 0. The van der Waals surface area contributed by atoms with Crippen LogP contribution in [0.25, 0.3) is 0 Å². The summed E-state index contributed by atoms with van der Waals surface area (Å²) in [5.41, 5.74) is -1.58. The summed E-state index contributed by atoms with van der Waals surface area (Å²) in [6, 6.07) is 0. The van der Waals surface area contributed by atoms with Gasteiger partial charge in [-0.05, 0) is 62.7 Å². The van der Waals surface area contributed by atoms with E-state index in [1.165, 1.54) is 13.8 Å². The van der Waals surface area contributed by atoms with Crippen molar-refractivity contribution in [2.75, 3.05) is 13.2 Å². The molecule has 1 spiro atoms. The quantitative estimate of drug-likeness (QED) is 0.645. The first-order chi connectivity index (χ1) is 15.1. The predicted molar refractivity (Wildman–Crippen MR) is 114 cm³/mol. The Labute approximate surface area is 190 Å². The highest BCUT2D eigenvalue weighted by molar-refractivity contribution is 5.66. The molecule has 1 N–H and O–H groups in total. The van der Waals surface area contributed by atoms with Crippen molar-refractivity contribution in [1.82, 2.24) is 0 Å². The number of carbonyl (C=O) groups is 2. The lowest BCUT2D eigenvalue weighted by Gasteiger charge is -2.66. The van der Waals surface area contributed by atoms with Crippen LogP contribution in [0.3, 0.4) is 0 Å². The van der Waals surface area contributed by atoms with Crippen molar-refractivity contribution in [2.45, 2.75) is 103 Å². The van der Waals surface area contributed by atoms with E-state index in [-0.39, 0.29) is 17.5 Å². The zero-order valence-corrected chi connectivity index (χ0v) is 19.9. The molecule has 5 rings (SSSR count). The fraction of sp³-hybridized carbons (Fsp3) is 0.920. The second-order valence-electron chi connectivity index (χ2n) is 11.5. The van der Waals surface area contributed by atoms with E-state index in [9.17, 15) is 14.7 Å². The molecule has 6 unspecified atom stereocenters. The first-order valence-electron chi connectivity index (χ1n) is 12.4. The molecule has 7 heteroatoms. The highest BCUT2D eigenvalue weighted by Gasteiger charge is 2.72. The molecule has 32 heavy (non-hydrogen) atoms. The smallest absolute Gasteiger partial charge is 0.303 e. The van der Waals surface area contributed by atoms with Gasteiger partial charge in [0.05, 0.1) is 13.2 Å². The van der Waals surface area contributed by atoms with Gasteiger partial charge in [-0.25, -0.2) is 0 Å². The summed E-state index contributed by atoms with van der Waals surface area (Å²) in [5.74, 6) is -0.367. The number of hydrogen-bond acceptors (Lipinski definition) is 7. The highest BCUT2D eigenvalue weighted by atomic mass is 16.8. The van der Waals surface area contributed by atoms with E-state index in [1.807, 2.05) is 0 Å². The van der Waals surface area contributed by atoms with Crippen LogP contribution in [0.15, 0.2) is 0 Å². The van der Waals surface area contributed by atoms with Crippen molar-refractivity contribution in [1.29, 1.82) is 0 Å². The molecule has 1 saturated heterocycles. The van der Waals surface area contributed by atoms with Gasteiger partial charge in [0.1, 0.15) is 11.7 Å². The average molecular weight is 451 g/mol. The number of aliphatic hydroxyl groups is 1. The van der Waals surface area contributed by atoms with Gasteiger partial charge in [-0.15, -0.1) is 0 Å². The van der Waals surface area contributed by atoms with Crippen LogP contribution in [0.1, 0.15) is 79.1 Å². The Morgan fingerprint density at radius 2 is 1.53 bits per heavy atom. The third kappa shape index (κ3) is 2.96. The molecule has 5 fully saturated rings. The monoisotopic (exact) mass is 450 g/mol. The van der Waals surface area contributed by atoms with Crippen LogP contribution in [0.4, 0.5) is 0 Å². The molecule has 1 heterocycles. The summed E-state index contributed by atoms with van der Waals surface area (Å²) in [7, 11) is 0. The maximum absolute atomic E-state index is 12.3. The van der Waals surface area contributed by atoms with Gasteiger partial charge in [0, 0.05) is 31.1 Å². The van der Waals surface area contributed by atoms with Crippen molar-refractivity contribution < 1.29 is 33.6 Å². The van der Waals surface area contributed by atoms with E-state index in [4.69, 9.17) is 18.9 Å². The van der Waals surface area contributed by atoms with Crippen LogP contribution in [-0.2, 0) is 28.5 Å². The van der Waals surface area contributed by atoms with E-state index >= 15 is 0 Å². The van der Waals surface area contributed by atoms with Gasteiger partial charge in [0.2, 0.25) is 5.79 Å². The molecule has 0 aromatic carbocycles. The zero-order chi connectivity index (χ0) is 22.9. The molecular formula is C25H38O7. The van der Waals surface area contributed by atoms with E-state index in [2.05, 4.69) is 13.8 Å². The summed E-state index contributed by atoms with van der Waals surface area (Å²) in [4.78, 5) is 23.8. The molecule has 0 aromatic heterocycles. The predicted octanol–water partition coefficient (Wildman–Crippen LogP) is 3.36. The van der Waals surface area contributed by atoms with Crippen LogP contribution in [0.5, 0.6) is 0 Å². The summed E-state index contributed by atoms with van der Waals surface area (Å²) < 4.78 is 23.6. The Balaban J connectivity index is 1.47. The minimum absolute atomic E-state index is 0.00149. The summed E-state index contributed by atoms with van der Waals surface area (Å²) in [5, 5.41) is 12.3. The third-order valence-electron chi connectivity index (χ3n) is 10.2. The van der Waals surface area contributed by atoms with Crippen LogP contribution >= 0.6 is 0 Å². The number of ether oxygens (including phenoxy) is 4. The molecule has 7 nitrogen and oxygen atoms in total.